The Morgan fingerprint density at radius 3 is 2.49 bits per heavy atom. The number of amides is 1. The number of nitrogens with one attached hydrogen (secondary N) is 1. The van der Waals surface area contributed by atoms with Crippen molar-refractivity contribution in [2.45, 2.75) is 19.8 Å². The molecular weight excluding hydrogens is 498 g/mol. The summed E-state index contributed by atoms with van der Waals surface area (Å²) in [5.41, 5.74) is 0.529. The van der Waals surface area contributed by atoms with Crippen LogP contribution in [0.5, 0.6) is 17.2 Å². The average molecular weight is 521 g/mol. The first kappa shape index (κ1) is 26.2. The maximum absolute atomic E-state index is 15.7. The lowest BCUT2D eigenvalue weighted by molar-refractivity contribution is -0.604. The number of hydrogen-bond donors (Lipinski definition) is 1. The molecule has 1 fully saturated rings. The molecule has 1 aliphatic rings. The SMILES string of the molecule is Cc1c(CN2CCOCC2)cc(Oc2ccc(OC(F)(F)F)cc2)c(C(=O)Nc2ccc[n+]([O-])c2)c1F. The van der Waals surface area contributed by atoms with Crippen LogP contribution in [0.4, 0.5) is 23.2 Å². The minimum Gasteiger partial charge on any atom is -0.619 e. The molecule has 4 rings (SSSR count). The van der Waals surface area contributed by atoms with Crippen molar-refractivity contribution < 1.29 is 41.3 Å². The number of carbonyl (C=O) groups excluding carboxylic acids is 1. The number of morpholine rings is 1. The van der Waals surface area contributed by atoms with Gasteiger partial charge in [-0.3, -0.25) is 9.69 Å². The van der Waals surface area contributed by atoms with Crippen molar-refractivity contribution in [1.29, 1.82) is 0 Å². The van der Waals surface area contributed by atoms with Crippen LogP contribution < -0.4 is 19.5 Å². The normalized spacial score (nSPS) is 14.3. The van der Waals surface area contributed by atoms with Crippen molar-refractivity contribution in [2.75, 3.05) is 31.6 Å². The largest absolute Gasteiger partial charge is 0.619 e. The van der Waals surface area contributed by atoms with Crippen molar-refractivity contribution >= 4 is 11.6 Å². The second-order valence-corrected chi connectivity index (χ2v) is 8.26. The number of benzene rings is 2. The van der Waals surface area contributed by atoms with Crippen LogP contribution in [0.3, 0.4) is 0 Å². The summed E-state index contributed by atoms with van der Waals surface area (Å²) < 4.78 is 68.6. The number of nitrogens with zero attached hydrogens (tertiary/aromatic N) is 2. The number of ether oxygens (including phenoxy) is 3. The molecule has 2 aromatic carbocycles. The van der Waals surface area contributed by atoms with Gasteiger partial charge in [0.1, 0.15) is 34.3 Å². The van der Waals surface area contributed by atoms with Gasteiger partial charge in [-0.05, 0) is 54.4 Å². The molecule has 1 amide bonds. The molecule has 0 spiro atoms. The molecule has 1 aromatic heterocycles. The summed E-state index contributed by atoms with van der Waals surface area (Å²) in [5, 5.41) is 14.0. The Labute approximate surface area is 209 Å². The van der Waals surface area contributed by atoms with Gasteiger partial charge in [-0.1, -0.05) is 0 Å². The number of carbonyl (C=O) groups is 1. The van der Waals surface area contributed by atoms with Crippen LogP contribution in [0.2, 0.25) is 0 Å². The van der Waals surface area contributed by atoms with Gasteiger partial charge in [0, 0.05) is 25.7 Å². The zero-order chi connectivity index (χ0) is 26.6. The summed E-state index contributed by atoms with van der Waals surface area (Å²) >= 11 is 0. The molecule has 0 atom stereocenters. The lowest BCUT2D eigenvalue weighted by Crippen LogP contribution is -2.36. The maximum Gasteiger partial charge on any atom is 0.573 e. The number of hydrogen-bond acceptors (Lipinski definition) is 6. The highest BCUT2D eigenvalue weighted by molar-refractivity contribution is 6.06. The number of aromatic nitrogens is 1. The summed E-state index contributed by atoms with van der Waals surface area (Å²) in [6, 6.07) is 8.90. The van der Waals surface area contributed by atoms with E-state index in [2.05, 4.69) is 15.0 Å². The van der Waals surface area contributed by atoms with Crippen molar-refractivity contribution in [3.05, 3.63) is 82.6 Å². The first-order valence-electron chi connectivity index (χ1n) is 11.2. The molecule has 0 bridgehead atoms. The molecule has 3 aromatic rings. The summed E-state index contributed by atoms with van der Waals surface area (Å²) in [7, 11) is 0. The zero-order valence-corrected chi connectivity index (χ0v) is 19.7. The Morgan fingerprint density at radius 1 is 1.16 bits per heavy atom. The average Bonchev–Trinajstić information content (AvgIpc) is 2.83. The first-order valence-corrected chi connectivity index (χ1v) is 11.2. The molecule has 12 heteroatoms. The van der Waals surface area contributed by atoms with Crippen LogP contribution in [0.15, 0.2) is 54.9 Å². The van der Waals surface area contributed by atoms with Crippen LogP contribution >= 0.6 is 0 Å². The van der Waals surface area contributed by atoms with E-state index in [9.17, 15) is 23.2 Å². The molecular formula is C25H23F4N3O5. The molecule has 2 heterocycles. The minimum absolute atomic E-state index is 0.0567. The second-order valence-electron chi connectivity index (χ2n) is 8.26. The van der Waals surface area contributed by atoms with Crippen molar-refractivity contribution in [1.82, 2.24) is 4.90 Å². The van der Waals surface area contributed by atoms with E-state index in [4.69, 9.17) is 9.47 Å². The molecule has 1 N–H and O–H groups in total. The summed E-state index contributed by atoms with van der Waals surface area (Å²) in [4.78, 5) is 15.2. The lowest BCUT2D eigenvalue weighted by atomic mass is 10.0. The fourth-order valence-corrected chi connectivity index (χ4v) is 3.79. The summed E-state index contributed by atoms with van der Waals surface area (Å²) in [6.07, 6.45) is -2.53. The Kier molecular flexibility index (Phi) is 7.79. The Hall–Kier alpha value is -3.90. The number of alkyl halides is 3. The Morgan fingerprint density at radius 2 is 1.84 bits per heavy atom. The number of anilines is 1. The van der Waals surface area contributed by atoms with Crippen LogP contribution in [0, 0.1) is 17.9 Å². The number of rotatable bonds is 7. The standard InChI is InChI=1S/C25H23F4N3O5/c1-16-17(14-31-9-11-35-12-10-31)13-21(36-19-4-6-20(7-5-19)37-25(27,28)29)22(23(16)26)24(33)30-18-3-2-8-32(34)15-18/h2-8,13,15H,9-12,14H2,1H3,(H,30,33). The van der Waals surface area contributed by atoms with Crippen molar-refractivity contribution in [3.8, 4) is 17.2 Å². The van der Waals surface area contributed by atoms with Gasteiger partial charge in [0.15, 0.2) is 6.20 Å². The van der Waals surface area contributed by atoms with E-state index in [-0.39, 0.29) is 22.7 Å². The summed E-state index contributed by atoms with van der Waals surface area (Å²) in [5.74, 6) is -2.23. The molecule has 0 aliphatic carbocycles. The zero-order valence-electron chi connectivity index (χ0n) is 19.7. The molecule has 0 saturated carbocycles. The highest BCUT2D eigenvalue weighted by Crippen LogP contribution is 2.34. The van der Waals surface area contributed by atoms with Gasteiger partial charge in [0.25, 0.3) is 5.91 Å². The smallest absolute Gasteiger partial charge is 0.573 e. The minimum atomic E-state index is -4.86. The van der Waals surface area contributed by atoms with E-state index < -0.39 is 29.4 Å². The van der Waals surface area contributed by atoms with E-state index >= 15 is 4.39 Å². The van der Waals surface area contributed by atoms with Gasteiger partial charge in [0.05, 0.1) is 13.2 Å². The molecule has 1 saturated heterocycles. The third-order valence-corrected chi connectivity index (χ3v) is 5.62. The van der Waals surface area contributed by atoms with E-state index in [1.165, 1.54) is 36.5 Å². The Balaban J connectivity index is 1.68. The molecule has 1 aliphatic heterocycles. The fourth-order valence-electron chi connectivity index (χ4n) is 3.79. The van der Waals surface area contributed by atoms with Crippen molar-refractivity contribution in [3.63, 3.8) is 0 Å². The number of halogens is 4. The van der Waals surface area contributed by atoms with Gasteiger partial charge in [-0.2, -0.15) is 4.73 Å². The predicted octanol–water partition coefficient (Wildman–Crippen LogP) is 4.54. The molecule has 0 unspecified atom stereocenters. The van der Waals surface area contributed by atoms with Crippen LogP contribution in [0.25, 0.3) is 0 Å². The topological polar surface area (TPSA) is 87.0 Å². The third kappa shape index (κ3) is 6.86. The monoisotopic (exact) mass is 521 g/mol. The van der Waals surface area contributed by atoms with Crippen LogP contribution in [-0.4, -0.2) is 43.5 Å². The number of pyridine rings is 1. The molecule has 8 nitrogen and oxygen atoms in total. The maximum atomic E-state index is 15.7. The fraction of sp³-hybridized carbons (Fsp3) is 0.280. The lowest BCUT2D eigenvalue weighted by Gasteiger charge is -2.27. The second kappa shape index (κ2) is 11.0. The van der Waals surface area contributed by atoms with Gasteiger partial charge in [-0.25, -0.2) is 4.39 Å². The first-order chi connectivity index (χ1) is 17.6. The predicted molar refractivity (Wildman–Crippen MR) is 124 cm³/mol. The van der Waals surface area contributed by atoms with E-state index in [1.807, 2.05) is 0 Å². The van der Waals surface area contributed by atoms with Gasteiger partial charge in [0.2, 0.25) is 6.20 Å². The molecule has 196 valence electrons. The summed E-state index contributed by atoms with van der Waals surface area (Å²) in [6.45, 7) is 4.27. The van der Waals surface area contributed by atoms with Crippen LogP contribution in [-0.2, 0) is 11.3 Å². The highest BCUT2D eigenvalue weighted by Gasteiger charge is 2.31. The van der Waals surface area contributed by atoms with Gasteiger partial charge < -0.3 is 24.7 Å². The van der Waals surface area contributed by atoms with Gasteiger partial charge in [-0.15, -0.1) is 13.2 Å². The van der Waals surface area contributed by atoms with Crippen LogP contribution in [0.1, 0.15) is 21.5 Å². The molecule has 0 radical (unpaired) electrons. The van der Waals surface area contributed by atoms with Crippen molar-refractivity contribution in [2.24, 2.45) is 0 Å². The van der Waals surface area contributed by atoms with E-state index in [0.717, 1.165) is 18.3 Å². The molecule has 37 heavy (non-hydrogen) atoms. The highest BCUT2D eigenvalue weighted by atomic mass is 19.4. The van der Waals surface area contributed by atoms with E-state index in [1.54, 1.807) is 6.92 Å². The van der Waals surface area contributed by atoms with E-state index in [0.29, 0.717) is 43.1 Å². The van der Waals surface area contributed by atoms with Gasteiger partial charge >= 0.3 is 6.36 Å². The Bertz CT molecular complexity index is 1260. The third-order valence-electron chi connectivity index (χ3n) is 5.62. The quantitative estimate of drug-likeness (QED) is 0.279.